The van der Waals surface area contributed by atoms with Gasteiger partial charge in [0.15, 0.2) is 5.13 Å². The van der Waals surface area contributed by atoms with E-state index in [0.717, 1.165) is 32.8 Å². The van der Waals surface area contributed by atoms with Crippen LogP contribution in [0.3, 0.4) is 0 Å². The molecule has 1 aliphatic heterocycles. The number of ether oxygens (including phenoxy) is 1. The van der Waals surface area contributed by atoms with E-state index in [0.29, 0.717) is 11.6 Å². The van der Waals surface area contributed by atoms with Crippen molar-refractivity contribution in [2.45, 2.75) is 12.8 Å². The molecule has 0 radical (unpaired) electrons. The molecule has 9 nitrogen and oxygen atoms in total. The molecule has 4 rings (SSSR count). The molecule has 150 valence electrons. The van der Waals surface area contributed by atoms with Gasteiger partial charge in [-0.3, -0.25) is 14.5 Å². The van der Waals surface area contributed by atoms with Gasteiger partial charge in [0.05, 0.1) is 19.3 Å². The number of benzene rings is 1. The van der Waals surface area contributed by atoms with Gasteiger partial charge in [-0.05, 0) is 24.6 Å². The van der Waals surface area contributed by atoms with Crippen molar-refractivity contribution in [2.24, 2.45) is 0 Å². The number of carbonyl (C=O) groups excluding carboxylic acids is 3. The van der Waals surface area contributed by atoms with E-state index in [1.165, 1.54) is 11.3 Å². The number of rotatable bonds is 7. The van der Waals surface area contributed by atoms with Crippen LogP contribution in [0.25, 0.3) is 22.2 Å². The van der Waals surface area contributed by atoms with Crippen molar-refractivity contribution >= 4 is 45.2 Å². The smallest absolute Gasteiger partial charge is 0.324 e. The van der Waals surface area contributed by atoms with Crippen molar-refractivity contribution in [2.75, 3.05) is 25.5 Å². The number of H-pyrrole nitrogens is 1. The topological polar surface area (TPSA) is 116 Å². The van der Waals surface area contributed by atoms with Gasteiger partial charge in [-0.15, -0.1) is 11.3 Å². The number of aromatic amines is 1. The number of hydrogen-bond donors (Lipinski definition) is 3. The average Bonchev–Trinajstić information content (AvgIpc) is 3.42. The monoisotopic (exact) mass is 413 g/mol. The molecule has 0 unspecified atom stereocenters. The lowest BCUT2D eigenvalue weighted by atomic mass is 10.1. The molecule has 1 saturated heterocycles. The molecule has 29 heavy (non-hydrogen) atoms. The van der Waals surface area contributed by atoms with E-state index in [9.17, 15) is 14.4 Å². The summed E-state index contributed by atoms with van der Waals surface area (Å²) >= 11 is 1.34. The highest BCUT2D eigenvalue weighted by molar-refractivity contribution is 7.14. The Bertz CT molecular complexity index is 1070. The lowest BCUT2D eigenvalue weighted by molar-refractivity contribution is -0.125. The Balaban J connectivity index is 1.37. The standard InChI is InChI=1S/C19H19N5O4S/c1-28-11-4-5-14-12(7-11)13(8-20-14)15-10-29-18(22-15)23-16(25)3-2-6-24-17(26)9-21-19(24)27/h4-5,7-8,10,20H,2-3,6,9H2,1H3,(H,21,27)(H,22,23,25). The van der Waals surface area contributed by atoms with Crippen molar-refractivity contribution in [3.63, 3.8) is 0 Å². The molecule has 0 atom stereocenters. The number of fused-ring (bicyclic) bond motifs is 1. The van der Waals surface area contributed by atoms with Gasteiger partial charge in [0.1, 0.15) is 5.75 Å². The van der Waals surface area contributed by atoms with E-state index in [2.05, 4.69) is 20.6 Å². The minimum Gasteiger partial charge on any atom is -0.497 e. The molecule has 1 fully saturated rings. The van der Waals surface area contributed by atoms with Crippen LogP contribution in [0.1, 0.15) is 12.8 Å². The van der Waals surface area contributed by atoms with Gasteiger partial charge >= 0.3 is 6.03 Å². The number of nitrogens with one attached hydrogen (secondary N) is 3. The predicted octanol–water partition coefficient (Wildman–Crippen LogP) is 2.57. The van der Waals surface area contributed by atoms with E-state index in [4.69, 9.17) is 4.74 Å². The number of methoxy groups -OCH3 is 1. The second kappa shape index (κ2) is 7.92. The number of carbonyl (C=O) groups is 3. The second-order valence-corrected chi connectivity index (χ2v) is 7.37. The number of urea groups is 1. The van der Waals surface area contributed by atoms with Gasteiger partial charge in [0, 0.05) is 41.0 Å². The molecule has 1 aliphatic rings. The molecule has 10 heteroatoms. The SMILES string of the molecule is COc1ccc2[nH]cc(-c3csc(NC(=O)CCCN4C(=O)CNC4=O)n3)c2c1. The number of aromatic nitrogens is 2. The summed E-state index contributed by atoms with van der Waals surface area (Å²) in [7, 11) is 1.62. The Morgan fingerprint density at radius 2 is 2.24 bits per heavy atom. The minimum atomic E-state index is -0.407. The zero-order valence-corrected chi connectivity index (χ0v) is 16.5. The predicted molar refractivity (Wildman–Crippen MR) is 109 cm³/mol. The van der Waals surface area contributed by atoms with Crippen LogP contribution in [0.15, 0.2) is 29.8 Å². The summed E-state index contributed by atoms with van der Waals surface area (Å²) < 4.78 is 5.29. The van der Waals surface area contributed by atoms with E-state index in [1.54, 1.807) is 7.11 Å². The fraction of sp³-hybridized carbons (Fsp3) is 0.263. The average molecular weight is 413 g/mol. The van der Waals surface area contributed by atoms with E-state index >= 15 is 0 Å². The molecule has 2 aromatic heterocycles. The van der Waals surface area contributed by atoms with E-state index in [-0.39, 0.29) is 31.3 Å². The van der Waals surface area contributed by atoms with Crippen LogP contribution in [0.2, 0.25) is 0 Å². The largest absolute Gasteiger partial charge is 0.497 e. The van der Waals surface area contributed by atoms with Gasteiger partial charge < -0.3 is 20.4 Å². The third kappa shape index (κ3) is 3.92. The third-order valence-electron chi connectivity index (χ3n) is 4.64. The molecule has 3 N–H and O–H groups in total. The fourth-order valence-corrected chi connectivity index (χ4v) is 3.88. The number of imide groups is 1. The summed E-state index contributed by atoms with van der Waals surface area (Å²) in [6.07, 6.45) is 2.46. The van der Waals surface area contributed by atoms with Crippen molar-refractivity contribution in [3.05, 3.63) is 29.8 Å². The normalized spacial score (nSPS) is 13.8. The lowest BCUT2D eigenvalue weighted by Gasteiger charge is -2.11. The van der Waals surface area contributed by atoms with Crippen molar-refractivity contribution < 1.29 is 19.1 Å². The van der Waals surface area contributed by atoms with Crippen LogP contribution in [-0.2, 0) is 9.59 Å². The van der Waals surface area contributed by atoms with E-state index in [1.807, 2.05) is 29.8 Å². The number of anilines is 1. The fourth-order valence-electron chi connectivity index (χ4n) is 3.15. The van der Waals surface area contributed by atoms with Crippen LogP contribution >= 0.6 is 11.3 Å². The highest BCUT2D eigenvalue weighted by atomic mass is 32.1. The number of thiazole rings is 1. The zero-order valence-electron chi connectivity index (χ0n) is 15.7. The Morgan fingerprint density at radius 3 is 3.00 bits per heavy atom. The highest BCUT2D eigenvalue weighted by Gasteiger charge is 2.27. The Kier molecular flexibility index (Phi) is 5.17. The van der Waals surface area contributed by atoms with Gasteiger partial charge in [-0.2, -0.15) is 0 Å². The van der Waals surface area contributed by atoms with Crippen molar-refractivity contribution in [1.82, 2.24) is 20.2 Å². The van der Waals surface area contributed by atoms with Gasteiger partial charge in [0.25, 0.3) is 0 Å². The van der Waals surface area contributed by atoms with Crippen LogP contribution in [0, 0.1) is 0 Å². The Morgan fingerprint density at radius 1 is 1.38 bits per heavy atom. The summed E-state index contributed by atoms with van der Waals surface area (Å²) in [6.45, 7) is 0.241. The maximum absolute atomic E-state index is 12.2. The molecular weight excluding hydrogens is 394 g/mol. The zero-order chi connectivity index (χ0) is 20.4. The first kappa shape index (κ1) is 18.9. The Hall–Kier alpha value is -3.40. The summed E-state index contributed by atoms with van der Waals surface area (Å²) in [6, 6.07) is 5.36. The van der Waals surface area contributed by atoms with Crippen LogP contribution < -0.4 is 15.4 Å². The molecule has 0 bridgehead atoms. The summed E-state index contributed by atoms with van der Waals surface area (Å²) in [5, 5.41) is 8.59. The van der Waals surface area contributed by atoms with Gasteiger partial charge in [-0.25, -0.2) is 9.78 Å². The van der Waals surface area contributed by atoms with Gasteiger partial charge in [0.2, 0.25) is 11.8 Å². The molecule has 0 saturated carbocycles. The summed E-state index contributed by atoms with van der Waals surface area (Å²) in [5.74, 6) is 0.279. The van der Waals surface area contributed by atoms with Crippen LogP contribution in [-0.4, -0.2) is 52.9 Å². The first-order chi connectivity index (χ1) is 14.0. The molecule has 0 spiro atoms. The van der Waals surface area contributed by atoms with Crippen LogP contribution in [0.5, 0.6) is 5.75 Å². The summed E-state index contributed by atoms with van der Waals surface area (Å²) in [5.41, 5.74) is 2.65. The van der Waals surface area contributed by atoms with Crippen molar-refractivity contribution in [3.8, 4) is 17.0 Å². The maximum atomic E-state index is 12.2. The molecule has 3 heterocycles. The molecule has 4 amide bonds. The number of nitrogens with zero attached hydrogens (tertiary/aromatic N) is 2. The van der Waals surface area contributed by atoms with Crippen molar-refractivity contribution in [1.29, 1.82) is 0 Å². The first-order valence-corrected chi connectivity index (χ1v) is 9.92. The highest BCUT2D eigenvalue weighted by Crippen LogP contribution is 2.33. The molecule has 0 aliphatic carbocycles. The molecule has 1 aromatic carbocycles. The third-order valence-corrected chi connectivity index (χ3v) is 5.40. The first-order valence-electron chi connectivity index (χ1n) is 9.04. The quantitative estimate of drug-likeness (QED) is 0.515. The number of amides is 4. The second-order valence-electron chi connectivity index (χ2n) is 6.51. The minimum absolute atomic E-state index is 0.0205. The van der Waals surface area contributed by atoms with E-state index < -0.39 is 6.03 Å². The maximum Gasteiger partial charge on any atom is 0.324 e. The van der Waals surface area contributed by atoms with Gasteiger partial charge in [-0.1, -0.05) is 0 Å². The van der Waals surface area contributed by atoms with Crippen LogP contribution in [0.4, 0.5) is 9.93 Å². The Labute approximate surface area is 170 Å². The number of hydrogen-bond acceptors (Lipinski definition) is 6. The summed E-state index contributed by atoms with van der Waals surface area (Å²) in [4.78, 5) is 44.0. The molecular formula is C19H19N5O4S. The molecule has 3 aromatic rings. The lowest BCUT2D eigenvalue weighted by Crippen LogP contribution is -2.32.